The van der Waals surface area contributed by atoms with Crippen LogP contribution in [0.15, 0.2) is 66.0 Å². The zero-order valence-electron chi connectivity index (χ0n) is 15.4. The number of hydrogen-bond donors (Lipinski definition) is 1. The van der Waals surface area contributed by atoms with Gasteiger partial charge in [0.15, 0.2) is 5.69 Å². The number of ether oxygens (including phenoxy) is 1. The molecule has 0 atom stereocenters. The van der Waals surface area contributed by atoms with E-state index in [0.29, 0.717) is 12.2 Å². The van der Waals surface area contributed by atoms with Gasteiger partial charge in [0, 0.05) is 18.9 Å². The molecule has 8 heteroatoms. The molecule has 1 amide bonds. The highest BCUT2D eigenvalue weighted by Gasteiger charge is 2.19. The summed E-state index contributed by atoms with van der Waals surface area (Å²) in [6.07, 6.45) is 4.08. The summed E-state index contributed by atoms with van der Waals surface area (Å²) in [5, 5.41) is 7.77. The number of aromatic nitrogens is 3. The summed E-state index contributed by atoms with van der Waals surface area (Å²) in [5.74, 6) is -0.665. The van der Waals surface area contributed by atoms with Crippen LogP contribution in [0.3, 0.4) is 0 Å². The van der Waals surface area contributed by atoms with E-state index in [1.54, 1.807) is 17.1 Å². The maximum absolute atomic E-state index is 12.3. The molecule has 0 radical (unpaired) electrons. The minimum atomic E-state index is -0.592. The number of thioether (sulfide) groups is 1. The molecular formula is C20H20N4O3S. The van der Waals surface area contributed by atoms with Gasteiger partial charge < -0.3 is 10.1 Å². The number of carbonyl (C=O) groups excluding carboxylic acids is 2. The van der Waals surface area contributed by atoms with Crippen LogP contribution in [0.2, 0.25) is 0 Å². The van der Waals surface area contributed by atoms with Crippen molar-refractivity contribution in [2.24, 2.45) is 0 Å². The standard InChI is InChI=1S/C20H20N4O3S/c1-27-20(26)19-16(22-17(25)14-28-18-9-5-6-11-21-18)13-24(23-19)12-10-15-7-3-2-4-8-15/h2-9,11,13H,10,12,14H2,1H3,(H,22,25). The largest absolute Gasteiger partial charge is 0.464 e. The van der Waals surface area contributed by atoms with Gasteiger partial charge in [-0.15, -0.1) is 0 Å². The summed E-state index contributed by atoms with van der Waals surface area (Å²) < 4.78 is 6.42. The van der Waals surface area contributed by atoms with Crippen LogP contribution in [0.5, 0.6) is 0 Å². The first-order chi connectivity index (χ1) is 13.7. The summed E-state index contributed by atoms with van der Waals surface area (Å²) in [6, 6.07) is 15.5. The fourth-order valence-electron chi connectivity index (χ4n) is 2.52. The second-order valence-electron chi connectivity index (χ2n) is 5.89. The molecule has 0 saturated carbocycles. The van der Waals surface area contributed by atoms with Crippen molar-refractivity contribution in [2.45, 2.75) is 18.0 Å². The van der Waals surface area contributed by atoms with Crippen LogP contribution in [0.25, 0.3) is 0 Å². The molecule has 28 heavy (non-hydrogen) atoms. The number of methoxy groups -OCH3 is 1. The van der Waals surface area contributed by atoms with Crippen LogP contribution in [-0.4, -0.2) is 39.5 Å². The molecule has 0 aliphatic carbocycles. The topological polar surface area (TPSA) is 86.1 Å². The highest BCUT2D eigenvalue weighted by Crippen LogP contribution is 2.18. The molecular weight excluding hydrogens is 376 g/mol. The minimum absolute atomic E-state index is 0.0896. The second kappa shape index (κ2) is 9.70. The molecule has 0 saturated heterocycles. The number of hydrogen-bond acceptors (Lipinski definition) is 6. The second-order valence-corrected chi connectivity index (χ2v) is 6.88. The molecule has 0 aliphatic heterocycles. The van der Waals surface area contributed by atoms with Crippen LogP contribution < -0.4 is 5.32 Å². The van der Waals surface area contributed by atoms with Crippen molar-refractivity contribution in [3.8, 4) is 0 Å². The Bertz CT molecular complexity index is 929. The van der Waals surface area contributed by atoms with Crippen molar-refractivity contribution in [3.63, 3.8) is 0 Å². The lowest BCUT2D eigenvalue weighted by Gasteiger charge is -2.04. The monoisotopic (exact) mass is 396 g/mol. The number of amides is 1. The van der Waals surface area contributed by atoms with Gasteiger partial charge in [-0.25, -0.2) is 9.78 Å². The van der Waals surface area contributed by atoms with Crippen molar-refractivity contribution in [2.75, 3.05) is 18.2 Å². The van der Waals surface area contributed by atoms with Crippen molar-refractivity contribution in [1.29, 1.82) is 0 Å². The smallest absolute Gasteiger partial charge is 0.360 e. The first kappa shape index (κ1) is 19.6. The molecule has 144 valence electrons. The third-order valence-corrected chi connectivity index (χ3v) is 4.82. The number of benzene rings is 1. The van der Waals surface area contributed by atoms with Crippen molar-refractivity contribution in [3.05, 3.63) is 72.2 Å². The number of esters is 1. The average molecular weight is 396 g/mol. The summed E-state index contributed by atoms with van der Waals surface area (Å²) >= 11 is 1.32. The molecule has 3 rings (SSSR count). The molecule has 1 aromatic carbocycles. The van der Waals surface area contributed by atoms with Crippen molar-refractivity contribution >= 4 is 29.3 Å². The fraction of sp³-hybridized carbons (Fsp3) is 0.200. The molecule has 2 heterocycles. The van der Waals surface area contributed by atoms with E-state index in [1.807, 2.05) is 48.5 Å². The number of pyridine rings is 1. The number of nitrogens with one attached hydrogen (secondary N) is 1. The van der Waals surface area contributed by atoms with E-state index in [2.05, 4.69) is 15.4 Å². The maximum Gasteiger partial charge on any atom is 0.360 e. The maximum atomic E-state index is 12.3. The lowest BCUT2D eigenvalue weighted by Crippen LogP contribution is -2.16. The predicted octanol–water partition coefficient (Wildman–Crippen LogP) is 3.04. The predicted molar refractivity (Wildman–Crippen MR) is 107 cm³/mol. The zero-order chi connectivity index (χ0) is 19.8. The minimum Gasteiger partial charge on any atom is -0.464 e. The lowest BCUT2D eigenvalue weighted by atomic mass is 10.1. The third kappa shape index (κ3) is 5.43. The van der Waals surface area contributed by atoms with Crippen LogP contribution >= 0.6 is 11.8 Å². The van der Waals surface area contributed by atoms with E-state index in [4.69, 9.17) is 4.74 Å². The first-order valence-corrected chi connectivity index (χ1v) is 9.67. The molecule has 0 spiro atoms. The Kier molecular flexibility index (Phi) is 6.80. The quantitative estimate of drug-likeness (QED) is 0.465. The Morgan fingerprint density at radius 1 is 1.14 bits per heavy atom. The van der Waals surface area contributed by atoms with E-state index in [1.165, 1.54) is 18.9 Å². The Morgan fingerprint density at radius 2 is 1.93 bits per heavy atom. The molecule has 0 bridgehead atoms. The highest BCUT2D eigenvalue weighted by atomic mass is 32.2. The molecule has 2 aromatic heterocycles. The lowest BCUT2D eigenvalue weighted by molar-refractivity contribution is -0.113. The van der Waals surface area contributed by atoms with Gasteiger partial charge in [0.05, 0.1) is 23.6 Å². The van der Waals surface area contributed by atoms with E-state index in [-0.39, 0.29) is 17.4 Å². The Labute approximate surface area is 167 Å². The van der Waals surface area contributed by atoms with E-state index in [0.717, 1.165) is 17.0 Å². The summed E-state index contributed by atoms with van der Waals surface area (Å²) in [7, 11) is 1.29. The Hall–Kier alpha value is -3.13. The van der Waals surface area contributed by atoms with Crippen LogP contribution in [0, 0.1) is 0 Å². The van der Waals surface area contributed by atoms with E-state index in [9.17, 15) is 9.59 Å². The third-order valence-electron chi connectivity index (χ3n) is 3.88. The molecule has 7 nitrogen and oxygen atoms in total. The van der Waals surface area contributed by atoms with Crippen LogP contribution in [0.1, 0.15) is 16.1 Å². The van der Waals surface area contributed by atoms with Gasteiger partial charge >= 0.3 is 5.97 Å². The summed E-state index contributed by atoms with van der Waals surface area (Å²) in [4.78, 5) is 28.5. The fourth-order valence-corrected chi connectivity index (χ4v) is 3.18. The average Bonchev–Trinajstić information content (AvgIpc) is 3.14. The Balaban J connectivity index is 1.65. The van der Waals surface area contributed by atoms with Gasteiger partial charge in [-0.3, -0.25) is 9.48 Å². The van der Waals surface area contributed by atoms with Gasteiger partial charge in [0.2, 0.25) is 5.91 Å². The molecule has 1 N–H and O–H groups in total. The Morgan fingerprint density at radius 3 is 2.64 bits per heavy atom. The normalized spacial score (nSPS) is 10.5. The van der Waals surface area contributed by atoms with Gasteiger partial charge in [-0.05, 0) is 24.1 Å². The van der Waals surface area contributed by atoms with Crippen molar-refractivity contribution in [1.82, 2.24) is 14.8 Å². The summed E-state index contributed by atoms with van der Waals surface area (Å²) in [5.41, 5.74) is 1.59. The van der Waals surface area contributed by atoms with Crippen LogP contribution in [-0.2, 0) is 22.5 Å². The SMILES string of the molecule is COC(=O)c1nn(CCc2ccccc2)cc1NC(=O)CSc1ccccn1. The summed E-state index contributed by atoms with van der Waals surface area (Å²) in [6.45, 7) is 0.576. The number of carbonyl (C=O) groups is 2. The van der Waals surface area contributed by atoms with Gasteiger partial charge in [0.1, 0.15) is 0 Å². The molecule has 0 aliphatic rings. The zero-order valence-corrected chi connectivity index (χ0v) is 16.2. The molecule has 3 aromatic rings. The van der Waals surface area contributed by atoms with Gasteiger partial charge in [-0.2, -0.15) is 5.10 Å². The molecule has 0 fully saturated rings. The first-order valence-electron chi connectivity index (χ1n) is 8.69. The molecule has 0 unspecified atom stereocenters. The number of aryl methyl sites for hydroxylation is 2. The number of rotatable bonds is 8. The number of nitrogens with zero attached hydrogens (tertiary/aromatic N) is 3. The number of anilines is 1. The highest BCUT2D eigenvalue weighted by molar-refractivity contribution is 7.99. The van der Waals surface area contributed by atoms with Gasteiger partial charge in [0.25, 0.3) is 0 Å². The van der Waals surface area contributed by atoms with E-state index >= 15 is 0 Å². The van der Waals surface area contributed by atoms with E-state index < -0.39 is 5.97 Å². The van der Waals surface area contributed by atoms with Crippen molar-refractivity contribution < 1.29 is 14.3 Å². The van der Waals surface area contributed by atoms with Gasteiger partial charge in [-0.1, -0.05) is 48.2 Å². The van der Waals surface area contributed by atoms with Crippen LogP contribution in [0.4, 0.5) is 5.69 Å².